The Balaban J connectivity index is 2.66. The predicted molar refractivity (Wildman–Crippen MR) is 60.1 cm³/mol. The fraction of sp³-hybridized carbons (Fsp3) is 0.833. The second kappa shape index (κ2) is 4.64. The molecule has 1 saturated heterocycles. The lowest BCUT2D eigenvalue weighted by Gasteiger charge is -2.22. The first-order valence-electron chi connectivity index (χ1n) is 5.73. The number of hydrogen-bond donors (Lipinski definition) is 0. The highest BCUT2D eigenvalue weighted by atomic mass is 16.7. The van der Waals surface area contributed by atoms with Crippen LogP contribution in [0.15, 0.2) is 0 Å². The van der Waals surface area contributed by atoms with E-state index in [0.29, 0.717) is 6.42 Å². The quantitative estimate of drug-likeness (QED) is 0.703. The van der Waals surface area contributed by atoms with Crippen LogP contribution in [0.1, 0.15) is 40.5 Å². The van der Waals surface area contributed by atoms with Crippen LogP contribution in [0.5, 0.6) is 0 Å². The largest absolute Gasteiger partial charge is 0.450 e. The average molecular weight is 244 g/mol. The van der Waals surface area contributed by atoms with Gasteiger partial charge in [-0.1, -0.05) is 6.92 Å². The molecule has 1 aliphatic heterocycles. The number of ether oxygens (including phenoxy) is 3. The highest BCUT2D eigenvalue weighted by molar-refractivity contribution is 5.83. The van der Waals surface area contributed by atoms with Crippen molar-refractivity contribution in [3.63, 3.8) is 0 Å². The topological polar surface area (TPSA) is 61.8 Å². The lowest BCUT2D eigenvalue weighted by atomic mass is 9.90. The summed E-state index contributed by atoms with van der Waals surface area (Å²) in [5.74, 6) is -1.92. The van der Waals surface area contributed by atoms with Crippen LogP contribution in [0.2, 0.25) is 0 Å². The van der Waals surface area contributed by atoms with Crippen LogP contribution in [-0.4, -0.2) is 30.9 Å². The minimum absolute atomic E-state index is 0.230. The first-order valence-corrected chi connectivity index (χ1v) is 5.73. The van der Waals surface area contributed by atoms with Crippen LogP contribution in [0.4, 0.5) is 0 Å². The lowest BCUT2D eigenvalue weighted by Crippen LogP contribution is -2.32. The molecule has 0 N–H and O–H groups in total. The third-order valence-corrected chi connectivity index (χ3v) is 3.25. The van der Waals surface area contributed by atoms with Crippen molar-refractivity contribution in [3.05, 3.63) is 0 Å². The van der Waals surface area contributed by atoms with E-state index in [2.05, 4.69) is 0 Å². The summed E-state index contributed by atoms with van der Waals surface area (Å²) < 4.78 is 15.3. The van der Waals surface area contributed by atoms with Crippen LogP contribution < -0.4 is 0 Å². The van der Waals surface area contributed by atoms with Crippen molar-refractivity contribution in [2.45, 2.75) is 52.4 Å². The number of rotatable bonds is 4. The van der Waals surface area contributed by atoms with Gasteiger partial charge in [0.05, 0.1) is 11.8 Å². The normalized spacial score (nSPS) is 29.0. The highest BCUT2D eigenvalue weighted by Gasteiger charge is 2.47. The van der Waals surface area contributed by atoms with Gasteiger partial charge in [0, 0.05) is 14.0 Å². The predicted octanol–water partition coefficient (Wildman–Crippen LogP) is 1.64. The van der Waals surface area contributed by atoms with Gasteiger partial charge in [-0.05, 0) is 20.3 Å². The van der Waals surface area contributed by atoms with E-state index in [0.717, 1.165) is 0 Å². The standard InChI is InChI=1S/C12H20O5/c1-6-11(2,3)10(14)16-8-7-12(4,15-5)17-9(8)13/h8H,6-7H2,1-5H3. The molecule has 0 aliphatic carbocycles. The van der Waals surface area contributed by atoms with E-state index >= 15 is 0 Å². The zero-order chi connectivity index (χ0) is 13.3. The summed E-state index contributed by atoms with van der Waals surface area (Å²) in [6, 6.07) is 0. The van der Waals surface area contributed by atoms with Gasteiger partial charge in [-0.2, -0.15) is 0 Å². The maximum absolute atomic E-state index is 11.8. The van der Waals surface area contributed by atoms with Gasteiger partial charge in [-0.3, -0.25) is 4.79 Å². The number of carbonyl (C=O) groups excluding carboxylic acids is 2. The lowest BCUT2D eigenvalue weighted by molar-refractivity contribution is -0.193. The van der Waals surface area contributed by atoms with Crippen molar-refractivity contribution in [2.75, 3.05) is 7.11 Å². The maximum Gasteiger partial charge on any atom is 0.350 e. The van der Waals surface area contributed by atoms with Crippen molar-refractivity contribution in [1.29, 1.82) is 0 Å². The molecular formula is C12H20O5. The Morgan fingerprint density at radius 1 is 1.59 bits per heavy atom. The maximum atomic E-state index is 11.8. The number of carbonyl (C=O) groups is 2. The highest BCUT2D eigenvalue weighted by Crippen LogP contribution is 2.31. The van der Waals surface area contributed by atoms with E-state index in [1.807, 2.05) is 6.92 Å². The van der Waals surface area contributed by atoms with Crippen molar-refractivity contribution >= 4 is 11.9 Å². The fourth-order valence-electron chi connectivity index (χ4n) is 1.39. The third-order valence-electron chi connectivity index (χ3n) is 3.25. The van der Waals surface area contributed by atoms with Crippen molar-refractivity contribution in [1.82, 2.24) is 0 Å². The van der Waals surface area contributed by atoms with Gasteiger partial charge >= 0.3 is 11.9 Å². The minimum atomic E-state index is -0.988. The summed E-state index contributed by atoms with van der Waals surface area (Å²) in [4.78, 5) is 23.3. The van der Waals surface area contributed by atoms with Gasteiger partial charge in [-0.25, -0.2) is 4.79 Å². The summed E-state index contributed by atoms with van der Waals surface area (Å²) in [6.07, 6.45) is 0.0153. The molecule has 0 radical (unpaired) electrons. The van der Waals surface area contributed by atoms with E-state index in [1.165, 1.54) is 7.11 Å². The van der Waals surface area contributed by atoms with E-state index < -0.39 is 23.3 Å². The molecule has 2 atom stereocenters. The molecule has 0 spiro atoms. The summed E-state index contributed by atoms with van der Waals surface area (Å²) >= 11 is 0. The molecule has 0 amide bonds. The monoisotopic (exact) mass is 244 g/mol. The Labute approximate surface area is 101 Å². The molecule has 1 fully saturated rings. The zero-order valence-corrected chi connectivity index (χ0v) is 11.0. The molecule has 0 aromatic heterocycles. The molecule has 1 heterocycles. The van der Waals surface area contributed by atoms with Crippen LogP contribution in [0, 0.1) is 5.41 Å². The number of hydrogen-bond acceptors (Lipinski definition) is 5. The number of cyclic esters (lactones) is 1. The third kappa shape index (κ3) is 2.97. The molecule has 1 rings (SSSR count). The Morgan fingerprint density at radius 2 is 2.18 bits per heavy atom. The molecule has 0 aromatic rings. The molecule has 98 valence electrons. The first kappa shape index (κ1) is 14.0. The molecule has 5 heteroatoms. The Bertz CT molecular complexity index is 323. The van der Waals surface area contributed by atoms with Crippen molar-refractivity contribution < 1.29 is 23.8 Å². The molecular weight excluding hydrogens is 224 g/mol. The van der Waals surface area contributed by atoms with E-state index in [1.54, 1.807) is 20.8 Å². The average Bonchev–Trinajstić information content (AvgIpc) is 2.55. The first-order chi connectivity index (χ1) is 7.74. The minimum Gasteiger partial charge on any atom is -0.450 e. The van der Waals surface area contributed by atoms with E-state index in [-0.39, 0.29) is 12.4 Å². The van der Waals surface area contributed by atoms with Gasteiger partial charge in [0.15, 0.2) is 0 Å². The second-order valence-corrected chi connectivity index (χ2v) is 5.09. The van der Waals surface area contributed by atoms with Gasteiger partial charge in [-0.15, -0.1) is 0 Å². The summed E-state index contributed by atoms with van der Waals surface area (Å²) in [5.41, 5.74) is -0.591. The SMILES string of the molecule is CCC(C)(C)C(=O)OC1CC(C)(OC)OC1=O. The summed E-state index contributed by atoms with van der Waals surface area (Å²) in [6.45, 7) is 7.10. The second-order valence-electron chi connectivity index (χ2n) is 5.09. The molecule has 1 aliphatic rings. The van der Waals surface area contributed by atoms with Gasteiger partial charge in [0.25, 0.3) is 0 Å². The number of methoxy groups -OCH3 is 1. The summed E-state index contributed by atoms with van der Waals surface area (Å²) in [7, 11) is 1.45. The fourth-order valence-corrected chi connectivity index (χ4v) is 1.39. The van der Waals surface area contributed by atoms with Gasteiger partial charge in [0.1, 0.15) is 0 Å². The van der Waals surface area contributed by atoms with Crippen LogP contribution >= 0.6 is 0 Å². The molecule has 17 heavy (non-hydrogen) atoms. The van der Waals surface area contributed by atoms with Crippen LogP contribution in [-0.2, 0) is 23.8 Å². The Morgan fingerprint density at radius 3 is 2.59 bits per heavy atom. The van der Waals surface area contributed by atoms with Crippen LogP contribution in [0.25, 0.3) is 0 Å². The molecule has 5 nitrogen and oxygen atoms in total. The van der Waals surface area contributed by atoms with Gasteiger partial charge in [0.2, 0.25) is 11.9 Å². The van der Waals surface area contributed by atoms with Crippen molar-refractivity contribution in [3.8, 4) is 0 Å². The van der Waals surface area contributed by atoms with E-state index in [9.17, 15) is 9.59 Å². The summed E-state index contributed by atoms with van der Waals surface area (Å²) in [5, 5.41) is 0. The molecule has 2 unspecified atom stereocenters. The molecule has 0 saturated carbocycles. The Hall–Kier alpha value is -1.10. The Kier molecular flexibility index (Phi) is 3.81. The smallest absolute Gasteiger partial charge is 0.350 e. The van der Waals surface area contributed by atoms with Crippen LogP contribution in [0.3, 0.4) is 0 Å². The van der Waals surface area contributed by atoms with Crippen molar-refractivity contribution in [2.24, 2.45) is 5.41 Å². The number of esters is 2. The molecule has 0 bridgehead atoms. The zero-order valence-electron chi connectivity index (χ0n) is 11.0. The van der Waals surface area contributed by atoms with Gasteiger partial charge < -0.3 is 14.2 Å². The van der Waals surface area contributed by atoms with E-state index in [4.69, 9.17) is 14.2 Å². The molecule has 0 aromatic carbocycles.